The molecule has 0 bridgehead atoms. The Kier molecular flexibility index (Phi) is 4.02. The number of pyridine rings is 1. The lowest BCUT2D eigenvalue weighted by atomic mass is 10.3. The molecule has 16 heavy (non-hydrogen) atoms. The number of hydrogen-bond acceptors (Lipinski definition) is 4. The normalized spacial score (nSPS) is 21.2. The van der Waals surface area contributed by atoms with Crippen LogP contribution in [0.2, 0.25) is 5.02 Å². The summed E-state index contributed by atoms with van der Waals surface area (Å²) in [5, 5.41) is 9.66. The highest BCUT2D eigenvalue weighted by Gasteiger charge is 2.22. The zero-order chi connectivity index (χ0) is 11.5. The quantitative estimate of drug-likeness (QED) is 0.903. The van der Waals surface area contributed by atoms with Crippen LogP contribution in [0, 0.1) is 0 Å². The predicted molar refractivity (Wildman–Crippen MR) is 66.0 cm³/mol. The van der Waals surface area contributed by atoms with Gasteiger partial charge in [-0.1, -0.05) is 11.6 Å². The number of anilines is 1. The Hall–Kier alpha value is -0.360. The van der Waals surface area contributed by atoms with Gasteiger partial charge >= 0.3 is 0 Å². The van der Waals surface area contributed by atoms with E-state index < -0.39 is 0 Å². The second-order valence-corrected chi connectivity index (χ2v) is 4.87. The molecule has 1 unspecified atom stereocenters. The molecule has 1 saturated heterocycles. The molecule has 1 N–H and O–H groups in total. The summed E-state index contributed by atoms with van der Waals surface area (Å²) in [5.41, 5.74) is 0. The average Bonchev–Trinajstić information content (AvgIpc) is 2.29. The first kappa shape index (κ1) is 12.1. The fraction of sp³-hybridized carbons (Fsp3) is 0.500. The molecule has 4 nitrogen and oxygen atoms in total. The molecule has 1 atom stereocenters. The summed E-state index contributed by atoms with van der Waals surface area (Å²) in [5.74, 6) is 0.839. The lowest BCUT2D eigenvalue weighted by Crippen LogP contribution is -2.44. The molecule has 1 aliphatic rings. The largest absolute Gasteiger partial charge is 0.394 e. The van der Waals surface area contributed by atoms with E-state index in [1.54, 1.807) is 6.20 Å². The molecule has 0 amide bonds. The van der Waals surface area contributed by atoms with Crippen LogP contribution in [-0.2, 0) is 4.74 Å². The van der Waals surface area contributed by atoms with Crippen molar-refractivity contribution in [2.24, 2.45) is 0 Å². The Balaban J connectivity index is 2.16. The third-order valence-electron chi connectivity index (χ3n) is 2.43. The summed E-state index contributed by atoms with van der Waals surface area (Å²) >= 11 is 9.27. The lowest BCUT2D eigenvalue weighted by Gasteiger charge is -2.33. The van der Waals surface area contributed by atoms with Crippen LogP contribution < -0.4 is 4.90 Å². The minimum atomic E-state index is -0.141. The van der Waals surface area contributed by atoms with Gasteiger partial charge in [-0.3, -0.25) is 0 Å². The summed E-state index contributed by atoms with van der Waals surface area (Å²) in [6.07, 6.45) is 1.48. The molecule has 0 saturated carbocycles. The Morgan fingerprint density at radius 2 is 2.50 bits per heavy atom. The van der Waals surface area contributed by atoms with Crippen molar-refractivity contribution in [3.05, 3.63) is 21.8 Å². The van der Waals surface area contributed by atoms with Crippen LogP contribution in [0.15, 0.2) is 16.7 Å². The number of aromatic nitrogens is 1. The van der Waals surface area contributed by atoms with E-state index in [1.165, 1.54) is 0 Å². The monoisotopic (exact) mass is 306 g/mol. The number of aliphatic hydroxyl groups excluding tert-OH is 1. The van der Waals surface area contributed by atoms with Crippen molar-refractivity contribution in [3.63, 3.8) is 0 Å². The molecule has 0 spiro atoms. The molecular weight excluding hydrogens is 295 g/mol. The number of morpholine rings is 1. The van der Waals surface area contributed by atoms with Gasteiger partial charge in [0.05, 0.1) is 28.8 Å². The van der Waals surface area contributed by atoms with Gasteiger partial charge in [0, 0.05) is 19.3 Å². The van der Waals surface area contributed by atoms with Crippen LogP contribution in [0.4, 0.5) is 5.82 Å². The van der Waals surface area contributed by atoms with Crippen LogP contribution in [0.1, 0.15) is 0 Å². The number of rotatable bonds is 2. The number of ether oxygens (including phenoxy) is 1. The first-order valence-corrected chi connectivity index (χ1v) is 6.16. The number of halogens is 2. The predicted octanol–water partition coefficient (Wildman–Crippen LogP) is 1.69. The highest BCUT2D eigenvalue weighted by Crippen LogP contribution is 2.27. The summed E-state index contributed by atoms with van der Waals surface area (Å²) in [7, 11) is 0. The molecule has 1 aliphatic heterocycles. The summed E-state index contributed by atoms with van der Waals surface area (Å²) in [6, 6.07) is 1.81. The fourth-order valence-corrected chi connectivity index (χ4v) is 2.55. The van der Waals surface area contributed by atoms with Gasteiger partial charge in [0.15, 0.2) is 0 Å². The molecular formula is C10H12BrClN2O2. The van der Waals surface area contributed by atoms with E-state index in [0.29, 0.717) is 18.2 Å². The standard InChI is InChI=1S/C10H12BrClN2O2/c11-9-3-7(12)4-13-10(9)14-1-2-16-8(5-14)6-15/h3-4,8,15H,1-2,5-6H2. The van der Waals surface area contributed by atoms with Crippen LogP contribution in [0.3, 0.4) is 0 Å². The Morgan fingerprint density at radius 1 is 1.69 bits per heavy atom. The fourth-order valence-electron chi connectivity index (χ4n) is 1.66. The summed E-state index contributed by atoms with van der Waals surface area (Å²) in [4.78, 5) is 6.35. The number of nitrogens with zero attached hydrogens (tertiary/aromatic N) is 2. The molecule has 0 aromatic carbocycles. The molecule has 88 valence electrons. The SMILES string of the molecule is OCC1CN(c2ncc(Cl)cc2Br)CCO1. The van der Waals surface area contributed by atoms with Crippen molar-refractivity contribution in [2.45, 2.75) is 6.10 Å². The van der Waals surface area contributed by atoms with Gasteiger partial charge < -0.3 is 14.7 Å². The van der Waals surface area contributed by atoms with E-state index in [9.17, 15) is 0 Å². The third-order valence-corrected chi connectivity index (χ3v) is 3.22. The maximum absolute atomic E-state index is 9.06. The van der Waals surface area contributed by atoms with E-state index >= 15 is 0 Å². The topological polar surface area (TPSA) is 45.6 Å². The highest BCUT2D eigenvalue weighted by molar-refractivity contribution is 9.10. The van der Waals surface area contributed by atoms with E-state index in [-0.39, 0.29) is 12.7 Å². The average molecular weight is 308 g/mol. The molecule has 6 heteroatoms. The Morgan fingerprint density at radius 3 is 3.19 bits per heavy atom. The minimum absolute atomic E-state index is 0.0295. The lowest BCUT2D eigenvalue weighted by molar-refractivity contribution is 0.00333. The zero-order valence-corrected chi connectivity index (χ0v) is 10.9. The first-order chi connectivity index (χ1) is 7.70. The Labute approximate surface area is 107 Å². The van der Waals surface area contributed by atoms with E-state index in [2.05, 4.69) is 25.8 Å². The van der Waals surface area contributed by atoms with Gasteiger partial charge in [-0.25, -0.2) is 4.98 Å². The summed E-state index contributed by atoms with van der Waals surface area (Å²) < 4.78 is 6.24. The smallest absolute Gasteiger partial charge is 0.143 e. The van der Waals surface area contributed by atoms with Crippen LogP contribution in [-0.4, -0.2) is 42.5 Å². The van der Waals surface area contributed by atoms with Crippen molar-refractivity contribution in [3.8, 4) is 0 Å². The summed E-state index contributed by atoms with van der Waals surface area (Å²) in [6.45, 7) is 2.04. The first-order valence-electron chi connectivity index (χ1n) is 4.99. The second kappa shape index (κ2) is 5.31. The van der Waals surface area contributed by atoms with Crippen LogP contribution in [0.5, 0.6) is 0 Å². The van der Waals surface area contributed by atoms with Gasteiger partial charge in [-0.2, -0.15) is 0 Å². The van der Waals surface area contributed by atoms with E-state index in [4.69, 9.17) is 21.4 Å². The van der Waals surface area contributed by atoms with Gasteiger partial charge in [0.2, 0.25) is 0 Å². The molecule has 1 aromatic rings. The molecule has 2 heterocycles. The molecule has 2 rings (SSSR count). The zero-order valence-electron chi connectivity index (χ0n) is 8.57. The van der Waals surface area contributed by atoms with Crippen molar-refractivity contribution in [1.82, 2.24) is 4.98 Å². The molecule has 1 aromatic heterocycles. The van der Waals surface area contributed by atoms with Crippen molar-refractivity contribution < 1.29 is 9.84 Å². The van der Waals surface area contributed by atoms with Crippen molar-refractivity contribution >= 4 is 33.3 Å². The van der Waals surface area contributed by atoms with Gasteiger partial charge in [-0.05, 0) is 22.0 Å². The second-order valence-electron chi connectivity index (χ2n) is 3.58. The van der Waals surface area contributed by atoms with Crippen molar-refractivity contribution in [2.75, 3.05) is 31.2 Å². The van der Waals surface area contributed by atoms with E-state index in [1.807, 2.05) is 6.07 Å². The third kappa shape index (κ3) is 2.66. The molecule has 1 fully saturated rings. The van der Waals surface area contributed by atoms with Gasteiger partial charge in [0.1, 0.15) is 5.82 Å². The number of aliphatic hydroxyl groups is 1. The highest BCUT2D eigenvalue weighted by atomic mass is 79.9. The maximum Gasteiger partial charge on any atom is 0.143 e. The van der Waals surface area contributed by atoms with Crippen LogP contribution in [0.25, 0.3) is 0 Å². The van der Waals surface area contributed by atoms with E-state index in [0.717, 1.165) is 16.8 Å². The van der Waals surface area contributed by atoms with Crippen LogP contribution >= 0.6 is 27.5 Å². The van der Waals surface area contributed by atoms with Crippen molar-refractivity contribution in [1.29, 1.82) is 0 Å². The maximum atomic E-state index is 9.06. The van der Waals surface area contributed by atoms with Gasteiger partial charge in [-0.15, -0.1) is 0 Å². The molecule has 0 aliphatic carbocycles. The molecule has 0 radical (unpaired) electrons. The minimum Gasteiger partial charge on any atom is -0.394 e. The van der Waals surface area contributed by atoms with Gasteiger partial charge in [0.25, 0.3) is 0 Å². The Bertz CT molecular complexity index is 378. The number of hydrogen-bond donors (Lipinski definition) is 1.